The lowest BCUT2D eigenvalue weighted by Crippen LogP contribution is -2.33. The number of aromatic hydroxyl groups is 2. The van der Waals surface area contributed by atoms with Crippen molar-refractivity contribution >= 4 is 17.5 Å². The molecule has 3 rings (SSSR count). The molecule has 0 spiro atoms. The number of esters is 1. The third-order valence-corrected chi connectivity index (χ3v) is 4.47. The fourth-order valence-electron chi connectivity index (χ4n) is 3.46. The number of phenolic OH excluding ortho intramolecular Hbond substituents is 2. The molecule has 0 unspecified atom stereocenters. The van der Waals surface area contributed by atoms with Gasteiger partial charge in [0.25, 0.3) is 0 Å². The topological polar surface area (TPSA) is 101 Å². The van der Waals surface area contributed by atoms with Crippen molar-refractivity contribution in [2.75, 3.05) is 0 Å². The van der Waals surface area contributed by atoms with E-state index in [0.29, 0.717) is 16.7 Å². The summed E-state index contributed by atoms with van der Waals surface area (Å²) in [6, 6.07) is 7.56. The summed E-state index contributed by atoms with van der Waals surface area (Å²) in [4.78, 5) is 37.1. The van der Waals surface area contributed by atoms with Crippen LogP contribution in [0.15, 0.2) is 30.3 Å². The van der Waals surface area contributed by atoms with Gasteiger partial charge in [-0.05, 0) is 42.7 Å². The molecule has 0 saturated carbocycles. The van der Waals surface area contributed by atoms with E-state index in [1.54, 1.807) is 25.1 Å². The molecule has 0 fully saturated rings. The highest BCUT2D eigenvalue weighted by Crippen LogP contribution is 2.44. The quantitative estimate of drug-likeness (QED) is 0.822. The van der Waals surface area contributed by atoms with Crippen molar-refractivity contribution in [2.45, 2.75) is 32.8 Å². The van der Waals surface area contributed by atoms with E-state index < -0.39 is 29.6 Å². The van der Waals surface area contributed by atoms with E-state index in [9.17, 15) is 24.6 Å². The van der Waals surface area contributed by atoms with Crippen LogP contribution in [0, 0.1) is 6.92 Å². The predicted molar refractivity (Wildman–Crippen MR) is 92.5 cm³/mol. The van der Waals surface area contributed by atoms with Crippen molar-refractivity contribution in [3.63, 3.8) is 0 Å². The van der Waals surface area contributed by atoms with Crippen molar-refractivity contribution in [3.8, 4) is 11.5 Å². The molecule has 26 heavy (non-hydrogen) atoms. The number of carbonyl (C=O) groups is 3. The van der Waals surface area contributed by atoms with Gasteiger partial charge in [-0.2, -0.15) is 0 Å². The van der Waals surface area contributed by atoms with E-state index in [1.165, 1.54) is 26.0 Å². The highest BCUT2D eigenvalue weighted by atomic mass is 16.5. The Kier molecular flexibility index (Phi) is 4.28. The minimum Gasteiger partial charge on any atom is -0.507 e. The van der Waals surface area contributed by atoms with Crippen LogP contribution in [0.2, 0.25) is 0 Å². The molecule has 2 atom stereocenters. The van der Waals surface area contributed by atoms with Crippen molar-refractivity contribution in [1.82, 2.24) is 0 Å². The molecule has 0 saturated heterocycles. The van der Waals surface area contributed by atoms with E-state index in [4.69, 9.17) is 4.74 Å². The van der Waals surface area contributed by atoms with Crippen LogP contribution >= 0.6 is 0 Å². The summed E-state index contributed by atoms with van der Waals surface area (Å²) in [6.45, 7) is 4.40. The molecule has 6 heteroatoms. The standard InChI is InChI=1S/C20H18O6/c1-9-7-13-16(19(24)10(2)26-11(3)21)12-5-4-6-14(22)17(12)20(25)18(13)15(23)8-9/h4-8,10,16,22-23H,1-3H3/t10-,16+/m0/s1. The van der Waals surface area contributed by atoms with Gasteiger partial charge < -0.3 is 14.9 Å². The first-order valence-electron chi connectivity index (χ1n) is 8.13. The highest BCUT2D eigenvalue weighted by molar-refractivity contribution is 6.18. The summed E-state index contributed by atoms with van der Waals surface area (Å²) < 4.78 is 5.01. The Morgan fingerprint density at radius 2 is 1.73 bits per heavy atom. The van der Waals surface area contributed by atoms with E-state index in [0.717, 1.165) is 0 Å². The molecule has 134 valence electrons. The molecule has 2 N–H and O–H groups in total. The molecule has 0 amide bonds. The summed E-state index contributed by atoms with van der Waals surface area (Å²) >= 11 is 0. The molecule has 6 nitrogen and oxygen atoms in total. The summed E-state index contributed by atoms with van der Waals surface area (Å²) in [5.41, 5.74) is 1.31. The number of ketones is 2. The van der Waals surface area contributed by atoms with Crippen LogP contribution < -0.4 is 0 Å². The van der Waals surface area contributed by atoms with Crippen molar-refractivity contribution in [1.29, 1.82) is 0 Å². The number of fused-ring (bicyclic) bond motifs is 2. The fraction of sp³-hybridized carbons (Fsp3) is 0.250. The van der Waals surface area contributed by atoms with E-state index in [-0.39, 0.29) is 22.6 Å². The molecule has 1 aliphatic carbocycles. The number of ether oxygens (including phenoxy) is 1. The number of Topliss-reactive ketones (excluding diaryl/α,β-unsaturated/α-hetero) is 1. The molecule has 2 aromatic carbocycles. The second-order valence-electron chi connectivity index (χ2n) is 6.41. The third kappa shape index (κ3) is 2.73. The Labute approximate surface area is 150 Å². The SMILES string of the molecule is CC(=O)O[C@@H](C)C(=O)[C@@H]1c2cccc(O)c2C(=O)c2c(O)cc(C)cc21. The van der Waals surface area contributed by atoms with Gasteiger partial charge in [0.2, 0.25) is 5.78 Å². The zero-order valence-electron chi connectivity index (χ0n) is 14.6. The number of hydrogen-bond donors (Lipinski definition) is 2. The van der Waals surface area contributed by atoms with Gasteiger partial charge in [0.15, 0.2) is 11.9 Å². The van der Waals surface area contributed by atoms with Crippen LogP contribution in [0.3, 0.4) is 0 Å². The zero-order valence-corrected chi connectivity index (χ0v) is 14.6. The van der Waals surface area contributed by atoms with Crippen LogP contribution in [-0.2, 0) is 14.3 Å². The number of rotatable bonds is 3. The van der Waals surface area contributed by atoms with E-state index in [2.05, 4.69) is 0 Å². The van der Waals surface area contributed by atoms with Gasteiger partial charge in [-0.15, -0.1) is 0 Å². The molecule has 0 aromatic heterocycles. The number of benzene rings is 2. The normalized spacial score (nSPS) is 16.4. The number of phenols is 2. The Bertz CT molecular complexity index is 944. The van der Waals surface area contributed by atoms with Crippen molar-refractivity contribution in [3.05, 3.63) is 58.1 Å². The van der Waals surface area contributed by atoms with Gasteiger partial charge in [-0.25, -0.2) is 0 Å². The largest absolute Gasteiger partial charge is 0.507 e. The van der Waals surface area contributed by atoms with Gasteiger partial charge >= 0.3 is 5.97 Å². The molecular weight excluding hydrogens is 336 g/mol. The Morgan fingerprint density at radius 1 is 1.08 bits per heavy atom. The van der Waals surface area contributed by atoms with Crippen LogP contribution in [-0.4, -0.2) is 33.9 Å². The average Bonchev–Trinajstić information content (AvgIpc) is 2.53. The first kappa shape index (κ1) is 17.7. The molecular formula is C20H18O6. The molecule has 0 bridgehead atoms. The Hall–Kier alpha value is -3.15. The first-order chi connectivity index (χ1) is 12.2. The van der Waals surface area contributed by atoms with Crippen molar-refractivity contribution in [2.24, 2.45) is 0 Å². The fourth-order valence-corrected chi connectivity index (χ4v) is 3.46. The Morgan fingerprint density at radius 3 is 2.38 bits per heavy atom. The maximum absolute atomic E-state index is 13.0. The lowest BCUT2D eigenvalue weighted by molar-refractivity contribution is -0.152. The van der Waals surface area contributed by atoms with Crippen LogP contribution in [0.5, 0.6) is 11.5 Å². The summed E-state index contributed by atoms with van der Waals surface area (Å²) in [6.07, 6.45) is -1.04. The van der Waals surface area contributed by atoms with Gasteiger partial charge in [0.05, 0.1) is 17.0 Å². The zero-order chi connectivity index (χ0) is 19.2. The van der Waals surface area contributed by atoms with Crippen LogP contribution in [0.1, 0.15) is 52.4 Å². The molecule has 0 aliphatic heterocycles. The van der Waals surface area contributed by atoms with Gasteiger partial charge in [0, 0.05) is 6.92 Å². The molecule has 2 aromatic rings. The smallest absolute Gasteiger partial charge is 0.303 e. The van der Waals surface area contributed by atoms with Gasteiger partial charge in [-0.3, -0.25) is 14.4 Å². The molecule has 1 aliphatic rings. The second-order valence-corrected chi connectivity index (χ2v) is 6.41. The Balaban J connectivity index is 2.27. The van der Waals surface area contributed by atoms with Gasteiger partial charge in [-0.1, -0.05) is 18.2 Å². The monoisotopic (exact) mass is 354 g/mol. The maximum Gasteiger partial charge on any atom is 0.303 e. The maximum atomic E-state index is 13.0. The second kappa shape index (κ2) is 6.29. The third-order valence-electron chi connectivity index (χ3n) is 4.47. The van der Waals surface area contributed by atoms with E-state index in [1.807, 2.05) is 0 Å². The minimum atomic E-state index is -1.04. The average molecular weight is 354 g/mol. The van der Waals surface area contributed by atoms with Crippen LogP contribution in [0.4, 0.5) is 0 Å². The number of hydrogen-bond acceptors (Lipinski definition) is 6. The molecule has 0 heterocycles. The van der Waals surface area contributed by atoms with Crippen molar-refractivity contribution < 1.29 is 29.3 Å². The number of aryl methyl sites for hydroxylation is 1. The highest BCUT2D eigenvalue weighted by Gasteiger charge is 2.40. The number of carbonyl (C=O) groups excluding carboxylic acids is 3. The van der Waals surface area contributed by atoms with E-state index >= 15 is 0 Å². The summed E-state index contributed by atoms with van der Waals surface area (Å²) in [7, 11) is 0. The lowest BCUT2D eigenvalue weighted by atomic mass is 9.73. The molecule has 0 radical (unpaired) electrons. The minimum absolute atomic E-state index is 0.0158. The van der Waals surface area contributed by atoms with Crippen LogP contribution in [0.25, 0.3) is 0 Å². The predicted octanol–water partition coefficient (Wildman–Crippen LogP) is 2.60. The summed E-state index contributed by atoms with van der Waals surface area (Å²) in [5.74, 6) is -3.04. The lowest BCUT2D eigenvalue weighted by Gasteiger charge is -2.29. The van der Waals surface area contributed by atoms with Gasteiger partial charge in [0.1, 0.15) is 11.5 Å². The summed E-state index contributed by atoms with van der Waals surface area (Å²) in [5, 5.41) is 20.5. The first-order valence-corrected chi connectivity index (χ1v) is 8.13.